The summed E-state index contributed by atoms with van der Waals surface area (Å²) in [6.45, 7) is 1.62. The molecule has 0 aromatic heterocycles. The SMILES string of the molecule is CC1=C(S)C(=O)c2ccccc2C1=O. The molecule has 1 aromatic carbocycles. The van der Waals surface area contributed by atoms with Gasteiger partial charge in [0, 0.05) is 16.7 Å². The normalized spacial score (nSPS) is 15.9. The molecule has 0 spiro atoms. The van der Waals surface area contributed by atoms with Crippen LogP contribution in [-0.4, -0.2) is 11.6 Å². The third-order valence-electron chi connectivity index (χ3n) is 2.33. The molecule has 1 aliphatic rings. The number of hydrogen-bond donors (Lipinski definition) is 1. The summed E-state index contributed by atoms with van der Waals surface area (Å²) >= 11 is 4.04. The average Bonchev–Trinajstić information content (AvgIpc) is 2.23. The Morgan fingerprint density at radius 2 is 1.50 bits per heavy atom. The minimum Gasteiger partial charge on any atom is -0.289 e. The number of Topliss-reactive ketones (excluding diaryl/α,β-unsaturated/α-hetero) is 2. The van der Waals surface area contributed by atoms with Crippen molar-refractivity contribution >= 4 is 24.2 Å². The van der Waals surface area contributed by atoms with Gasteiger partial charge in [0.2, 0.25) is 0 Å². The Morgan fingerprint density at radius 1 is 1.00 bits per heavy atom. The molecule has 0 saturated carbocycles. The van der Waals surface area contributed by atoms with Crippen molar-refractivity contribution in [2.24, 2.45) is 0 Å². The first-order chi connectivity index (χ1) is 6.63. The van der Waals surface area contributed by atoms with Crippen LogP contribution in [-0.2, 0) is 0 Å². The van der Waals surface area contributed by atoms with Crippen LogP contribution in [0.2, 0.25) is 0 Å². The molecule has 0 heterocycles. The van der Waals surface area contributed by atoms with E-state index in [0.717, 1.165) is 0 Å². The average molecular weight is 204 g/mol. The summed E-state index contributed by atoms with van der Waals surface area (Å²) in [7, 11) is 0. The molecule has 0 aliphatic heterocycles. The number of ketones is 2. The van der Waals surface area contributed by atoms with Gasteiger partial charge in [0.25, 0.3) is 0 Å². The van der Waals surface area contributed by atoms with Gasteiger partial charge in [-0.15, -0.1) is 12.6 Å². The second kappa shape index (κ2) is 3.10. The molecule has 2 rings (SSSR count). The largest absolute Gasteiger partial charge is 0.289 e. The van der Waals surface area contributed by atoms with E-state index in [2.05, 4.69) is 12.6 Å². The van der Waals surface area contributed by atoms with Crippen LogP contribution in [0, 0.1) is 0 Å². The molecular weight excluding hydrogens is 196 g/mol. The summed E-state index contributed by atoms with van der Waals surface area (Å²) in [5.41, 5.74) is 1.36. The lowest BCUT2D eigenvalue weighted by Gasteiger charge is -2.15. The predicted octanol–water partition coefficient (Wildman–Crippen LogP) is 2.27. The molecule has 1 aliphatic carbocycles. The van der Waals surface area contributed by atoms with Gasteiger partial charge in [-0.05, 0) is 6.92 Å². The van der Waals surface area contributed by atoms with E-state index in [9.17, 15) is 9.59 Å². The van der Waals surface area contributed by atoms with Crippen LogP contribution < -0.4 is 0 Å². The van der Waals surface area contributed by atoms with Crippen LogP contribution in [0.15, 0.2) is 34.7 Å². The summed E-state index contributed by atoms with van der Waals surface area (Å²) in [5.74, 6) is -0.272. The number of allylic oxidation sites excluding steroid dienone is 2. The lowest BCUT2D eigenvalue weighted by Crippen LogP contribution is -2.18. The molecule has 0 unspecified atom stereocenters. The van der Waals surface area contributed by atoms with E-state index in [1.54, 1.807) is 31.2 Å². The van der Waals surface area contributed by atoms with Gasteiger partial charge in [0.15, 0.2) is 11.6 Å². The number of rotatable bonds is 0. The van der Waals surface area contributed by atoms with Crippen molar-refractivity contribution < 1.29 is 9.59 Å². The number of benzene rings is 1. The smallest absolute Gasteiger partial charge is 0.200 e. The highest BCUT2D eigenvalue weighted by Crippen LogP contribution is 2.27. The van der Waals surface area contributed by atoms with Crippen molar-refractivity contribution in [1.82, 2.24) is 0 Å². The van der Waals surface area contributed by atoms with Crippen molar-refractivity contribution in [3.63, 3.8) is 0 Å². The van der Waals surface area contributed by atoms with E-state index in [1.165, 1.54) is 0 Å². The molecule has 1 aromatic rings. The second-order valence-electron chi connectivity index (χ2n) is 3.18. The van der Waals surface area contributed by atoms with Gasteiger partial charge in [-0.25, -0.2) is 0 Å². The molecule has 0 amide bonds. The van der Waals surface area contributed by atoms with Crippen LogP contribution in [0.4, 0.5) is 0 Å². The van der Waals surface area contributed by atoms with Crippen molar-refractivity contribution in [2.45, 2.75) is 6.92 Å². The predicted molar refractivity (Wildman–Crippen MR) is 56.8 cm³/mol. The minimum absolute atomic E-state index is 0.106. The van der Waals surface area contributed by atoms with Crippen molar-refractivity contribution in [3.8, 4) is 0 Å². The zero-order chi connectivity index (χ0) is 10.3. The highest BCUT2D eigenvalue weighted by atomic mass is 32.1. The first-order valence-corrected chi connectivity index (χ1v) is 4.66. The molecule has 0 saturated heterocycles. The summed E-state index contributed by atoms with van der Waals surface area (Å²) in [5, 5.41) is 0. The molecule has 3 heteroatoms. The second-order valence-corrected chi connectivity index (χ2v) is 3.62. The summed E-state index contributed by atoms with van der Waals surface area (Å²) in [6, 6.07) is 6.81. The first-order valence-electron chi connectivity index (χ1n) is 4.21. The molecule has 70 valence electrons. The molecule has 0 radical (unpaired) electrons. The third kappa shape index (κ3) is 1.13. The molecule has 0 atom stereocenters. The number of fused-ring (bicyclic) bond motifs is 1. The maximum Gasteiger partial charge on any atom is 0.200 e. The van der Waals surface area contributed by atoms with E-state index >= 15 is 0 Å². The zero-order valence-electron chi connectivity index (χ0n) is 7.57. The summed E-state index contributed by atoms with van der Waals surface area (Å²) < 4.78 is 0. The zero-order valence-corrected chi connectivity index (χ0v) is 8.47. The van der Waals surface area contributed by atoms with E-state index in [4.69, 9.17) is 0 Å². The van der Waals surface area contributed by atoms with Crippen molar-refractivity contribution in [2.75, 3.05) is 0 Å². The fraction of sp³-hybridized carbons (Fsp3) is 0.0909. The Balaban J connectivity index is 2.73. The topological polar surface area (TPSA) is 34.1 Å². The Hall–Kier alpha value is -1.35. The van der Waals surface area contributed by atoms with Gasteiger partial charge in [0.05, 0.1) is 4.91 Å². The first kappa shape index (κ1) is 9.21. The maximum atomic E-state index is 11.7. The lowest BCUT2D eigenvalue weighted by molar-refractivity contribution is 0.0982. The highest BCUT2D eigenvalue weighted by molar-refractivity contribution is 7.85. The van der Waals surface area contributed by atoms with Crippen molar-refractivity contribution in [3.05, 3.63) is 45.9 Å². The number of carbonyl (C=O) groups is 2. The fourth-order valence-corrected chi connectivity index (χ4v) is 1.71. The standard InChI is InChI=1S/C11H8O2S/c1-6-9(12)7-4-2-3-5-8(7)10(13)11(6)14/h2-5,14H,1H3. The van der Waals surface area contributed by atoms with Crippen LogP contribution >= 0.6 is 12.6 Å². The van der Waals surface area contributed by atoms with Gasteiger partial charge in [-0.2, -0.15) is 0 Å². The van der Waals surface area contributed by atoms with Gasteiger partial charge in [-0.1, -0.05) is 24.3 Å². The Bertz CT molecular complexity index is 429. The van der Waals surface area contributed by atoms with Crippen LogP contribution in [0.1, 0.15) is 27.6 Å². The monoisotopic (exact) mass is 204 g/mol. The summed E-state index contributed by atoms with van der Waals surface area (Å²) in [4.78, 5) is 23.7. The fourth-order valence-electron chi connectivity index (χ4n) is 1.49. The minimum atomic E-state index is -0.166. The third-order valence-corrected chi connectivity index (χ3v) is 2.87. The molecule has 0 fully saturated rings. The molecule has 2 nitrogen and oxygen atoms in total. The van der Waals surface area contributed by atoms with Gasteiger partial charge >= 0.3 is 0 Å². The Morgan fingerprint density at radius 3 is 2.07 bits per heavy atom. The van der Waals surface area contributed by atoms with E-state index in [1.807, 2.05) is 0 Å². The van der Waals surface area contributed by atoms with E-state index < -0.39 is 0 Å². The highest BCUT2D eigenvalue weighted by Gasteiger charge is 2.27. The Kier molecular flexibility index (Phi) is 2.04. The number of carbonyl (C=O) groups excluding carboxylic acids is 2. The summed E-state index contributed by atoms with van der Waals surface area (Å²) in [6.07, 6.45) is 0. The molecular formula is C11H8O2S. The quantitative estimate of drug-likeness (QED) is 0.658. The van der Waals surface area contributed by atoms with Gasteiger partial charge < -0.3 is 0 Å². The molecule has 14 heavy (non-hydrogen) atoms. The molecule has 0 bridgehead atoms. The van der Waals surface area contributed by atoms with Gasteiger partial charge in [0.1, 0.15) is 0 Å². The van der Waals surface area contributed by atoms with E-state index in [0.29, 0.717) is 16.7 Å². The van der Waals surface area contributed by atoms with Crippen molar-refractivity contribution in [1.29, 1.82) is 0 Å². The van der Waals surface area contributed by atoms with Gasteiger partial charge in [-0.3, -0.25) is 9.59 Å². The lowest BCUT2D eigenvalue weighted by atomic mass is 9.90. The number of hydrogen-bond acceptors (Lipinski definition) is 3. The Labute approximate surface area is 87.0 Å². The van der Waals surface area contributed by atoms with Crippen LogP contribution in [0.25, 0.3) is 0 Å². The number of thiol groups is 1. The van der Waals surface area contributed by atoms with Crippen LogP contribution in [0.3, 0.4) is 0 Å². The van der Waals surface area contributed by atoms with Crippen LogP contribution in [0.5, 0.6) is 0 Å². The van der Waals surface area contributed by atoms with E-state index in [-0.39, 0.29) is 16.5 Å². The molecule has 0 N–H and O–H groups in total. The maximum absolute atomic E-state index is 11.7.